The number of carbonyl (C=O) groups is 3. The molecule has 1 fully saturated rings. The van der Waals surface area contributed by atoms with Crippen molar-refractivity contribution in [1.82, 2.24) is 4.57 Å². The average molecular weight is 670 g/mol. The highest BCUT2D eigenvalue weighted by Gasteiger charge is 2.57. The molecule has 3 atom stereocenters. The molecule has 3 heterocycles. The molecule has 3 unspecified atom stereocenters. The third kappa shape index (κ3) is 5.66. The lowest BCUT2D eigenvalue weighted by atomic mass is 9.81. The summed E-state index contributed by atoms with van der Waals surface area (Å²) in [5.41, 5.74) is 0.0509. The van der Waals surface area contributed by atoms with Crippen LogP contribution in [0.15, 0.2) is 82.6 Å². The van der Waals surface area contributed by atoms with Crippen LogP contribution < -0.4 is 15.1 Å². The summed E-state index contributed by atoms with van der Waals surface area (Å²) in [6.45, 7) is 5.66. The van der Waals surface area contributed by atoms with Gasteiger partial charge in [-0.25, -0.2) is 9.29 Å². The Hall–Kier alpha value is -4.23. The van der Waals surface area contributed by atoms with Crippen molar-refractivity contribution in [3.63, 3.8) is 0 Å². The van der Waals surface area contributed by atoms with Gasteiger partial charge >= 0.3 is 11.0 Å². The molecule has 0 spiro atoms. The normalized spacial score (nSPS) is 19.6. The van der Waals surface area contributed by atoms with Gasteiger partial charge in [-0.05, 0) is 52.9 Å². The number of imide groups is 1. The molecule has 0 radical (unpaired) electrons. The fourth-order valence-corrected chi connectivity index (χ4v) is 8.60. The molecule has 2 aliphatic rings. The minimum Gasteiger partial charge on any atom is -0.325 e. The molecule has 7 nitrogen and oxygen atoms in total. The van der Waals surface area contributed by atoms with Crippen LogP contribution in [0, 0.1) is 11.7 Å². The van der Waals surface area contributed by atoms with E-state index >= 15 is 0 Å². The first-order valence-corrected chi connectivity index (χ1v) is 15.9. The Bertz CT molecular complexity index is 1910. The smallest absolute Gasteiger partial charge is 0.325 e. The summed E-state index contributed by atoms with van der Waals surface area (Å²) in [6.07, 6.45) is -4.82. The topological polar surface area (TPSA) is 88.5 Å². The second kappa shape index (κ2) is 11.5. The fourth-order valence-electron chi connectivity index (χ4n) is 5.83. The van der Waals surface area contributed by atoms with Crippen molar-refractivity contribution in [2.45, 2.75) is 55.1 Å². The van der Waals surface area contributed by atoms with Crippen LogP contribution in [-0.4, -0.2) is 27.5 Å². The van der Waals surface area contributed by atoms with E-state index in [-0.39, 0.29) is 5.41 Å². The second-order valence-corrected chi connectivity index (χ2v) is 14.2. The van der Waals surface area contributed by atoms with Crippen LogP contribution in [0.25, 0.3) is 0 Å². The number of alkyl halides is 3. The van der Waals surface area contributed by atoms with Gasteiger partial charge in [-0.1, -0.05) is 80.3 Å². The molecule has 46 heavy (non-hydrogen) atoms. The minimum absolute atomic E-state index is 0.197. The molecular formula is C33H27F4N3O4S2. The van der Waals surface area contributed by atoms with Gasteiger partial charge < -0.3 is 5.32 Å². The molecule has 0 bridgehead atoms. The van der Waals surface area contributed by atoms with E-state index in [0.717, 1.165) is 40.8 Å². The van der Waals surface area contributed by atoms with Crippen molar-refractivity contribution >= 4 is 52.2 Å². The van der Waals surface area contributed by atoms with Crippen molar-refractivity contribution in [2.75, 3.05) is 10.2 Å². The number of thiazole rings is 1. The molecule has 1 N–H and O–H groups in total. The Morgan fingerprint density at radius 1 is 0.891 bits per heavy atom. The van der Waals surface area contributed by atoms with Crippen molar-refractivity contribution in [3.8, 4) is 0 Å². The van der Waals surface area contributed by atoms with Gasteiger partial charge in [0.1, 0.15) is 17.6 Å². The van der Waals surface area contributed by atoms with Gasteiger partial charge in [0.25, 0.3) is 0 Å². The number of anilines is 2. The first-order valence-electron chi connectivity index (χ1n) is 14.2. The second-order valence-electron chi connectivity index (χ2n) is 12.1. The first-order chi connectivity index (χ1) is 21.6. The van der Waals surface area contributed by atoms with Crippen LogP contribution in [0.3, 0.4) is 0 Å². The minimum atomic E-state index is -4.82. The molecule has 4 aromatic rings. The fraction of sp³-hybridized carbons (Fsp3) is 0.273. The summed E-state index contributed by atoms with van der Waals surface area (Å²) in [5.74, 6) is -4.65. The van der Waals surface area contributed by atoms with E-state index in [1.165, 1.54) is 41.0 Å². The van der Waals surface area contributed by atoms with Gasteiger partial charge in [0.15, 0.2) is 0 Å². The number of nitrogens with zero attached hydrogens (tertiary/aromatic N) is 2. The zero-order valence-corrected chi connectivity index (χ0v) is 26.4. The number of aromatic nitrogens is 1. The number of halogens is 4. The number of para-hydroxylation sites is 1. The highest BCUT2D eigenvalue weighted by Crippen LogP contribution is 2.54. The Labute approximate surface area is 269 Å². The van der Waals surface area contributed by atoms with Crippen molar-refractivity contribution in [3.05, 3.63) is 110 Å². The molecule has 0 aliphatic carbocycles. The summed E-state index contributed by atoms with van der Waals surface area (Å²) in [5, 5.41) is 1.75. The van der Waals surface area contributed by atoms with Crippen molar-refractivity contribution < 1.29 is 31.9 Å². The number of carbonyl (C=O) groups excluding carboxylic acids is 3. The Balaban J connectivity index is 1.44. The Morgan fingerprint density at radius 3 is 2.17 bits per heavy atom. The predicted octanol–water partition coefficient (Wildman–Crippen LogP) is 6.80. The van der Waals surface area contributed by atoms with Crippen molar-refractivity contribution in [2.24, 2.45) is 5.92 Å². The van der Waals surface area contributed by atoms with Crippen LogP contribution >= 0.6 is 23.1 Å². The van der Waals surface area contributed by atoms with Gasteiger partial charge in [0.05, 0.1) is 22.2 Å². The zero-order valence-electron chi connectivity index (χ0n) is 24.7. The van der Waals surface area contributed by atoms with E-state index in [2.05, 4.69) is 5.32 Å². The quantitative estimate of drug-likeness (QED) is 0.187. The van der Waals surface area contributed by atoms with Crippen LogP contribution in [-0.2, 0) is 32.5 Å². The lowest BCUT2D eigenvalue weighted by molar-refractivity contribution is -0.137. The van der Waals surface area contributed by atoms with Crippen LogP contribution in [0.5, 0.6) is 0 Å². The summed E-state index contributed by atoms with van der Waals surface area (Å²) in [7, 11) is 0. The maximum atomic E-state index is 14.1. The van der Waals surface area contributed by atoms with E-state index < -0.39 is 69.5 Å². The van der Waals surface area contributed by atoms with E-state index in [1.807, 2.05) is 45.0 Å². The summed E-state index contributed by atoms with van der Waals surface area (Å²) >= 11 is 1.74. The Kier molecular flexibility index (Phi) is 7.96. The van der Waals surface area contributed by atoms with E-state index in [1.54, 1.807) is 0 Å². The maximum Gasteiger partial charge on any atom is 0.418 e. The molecule has 0 saturated carbocycles. The lowest BCUT2D eigenvalue weighted by Gasteiger charge is -2.31. The zero-order chi connectivity index (χ0) is 33.1. The average Bonchev–Trinajstić information content (AvgIpc) is 3.43. The number of benzene rings is 3. The van der Waals surface area contributed by atoms with Gasteiger partial charge in [-0.2, -0.15) is 13.2 Å². The monoisotopic (exact) mass is 669 g/mol. The number of nitrogens with one attached hydrogen (secondary N) is 1. The molecular weight excluding hydrogens is 643 g/mol. The highest BCUT2D eigenvalue weighted by atomic mass is 32.2. The third-order valence-electron chi connectivity index (χ3n) is 8.07. The SMILES string of the molecule is CC(C)(C)c1ccc(C2c3sc(=O)n(CC(=O)Nc4ccc(F)cc4)c3SC3C(=O)N(c4ccccc4C(F)(F)F)C(=O)C32)cc1. The largest absolute Gasteiger partial charge is 0.418 e. The number of rotatable bonds is 5. The van der Waals surface area contributed by atoms with E-state index in [4.69, 9.17) is 0 Å². The first kappa shape index (κ1) is 31.7. The van der Waals surface area contributed by atoms with Gasteiger partial charge in [-0.15, -0.1) is 0 Å². The molecule has 3 amide bonds. The van der Waals surface area contributed by atoms with Gasteiger partial charge in [0, 0.05) is 16.5 Å². The molecule has 3 aromatic carbocycles. The van der Waals surface area contributed by atoms with Crippen LogP contribution in [0.1, 0.15) is 48.3 Å². The number of hydrogen-bond acceptors (Lipinski definition) is 6. The number of thioether (sulfide) groups is 1. The summed E-state index contributed by atoms with van der Waals surface area (Å²) < 4.78 is 56.6. The van der Waals surface area contributed by atoms with Gasteiger partial charge in [-0.3, -0.25) is 23.7 Å². The Morgan fingerprint density at radius 2 is 1.54 bits per heavy atom. The maximum absolute atomic E-state index is 14.1. The van der Waals surface area contributed by atoms with Gasteiger partial charge in [0.2, 0.25) is 17.7 Å². The third-order valence-corrected chi connectivity index (χ3v) is 10.7. The summed E-state index contributed by atoms with van der Waals surface area (Å²) in [6, 6.07) is 16.9. The lowest BCUT2D eigenvalue weighted by Crippen LogP contribution is -2.33. The highest BCUT2D eigenvalue weighted by molar-refractivity contribution is 8.00. The molecule has 238 valence electrons. The van der Waals surface area contributed by atoms with Crippen LogP contribution in [0.2, 0.25) is 0 Å². The molecule has 2 aliphatic heterocycles. The summed E-state index contributed by atoms with van der Waals surface area (Å²) in [4.78, 5) is 54.9. The van der Waals surface area contributed by atoms with E-state index in [0.29, 0.717) is 26.1 Å². The van der Waals surface area contributed by atoms with Crippen LogP contribution in [0.4, 0.5) is 28.9 Å². The molecule has 1 saturated heterocycles. The van der Waals surface area contributed by atoms with E-state index in [9.17, 15) is 36.7 Å². The molecule has 1 aromatic heterocycles. The predicted molar refractivity (Wildman–Crippen MR) is 168 cm³/mol. The number of hydrogen-bond donors (Lipinski definition) is 1. The standard InChI is InChI=1S/C33H27F4N3O4S2/c1-32(2,3)18-10-8-17(9-11-18)24-25-26(29(43)40(28(25)42)22-7-5-4-6-21(22)33(35,36)37)45-30-27(24)46-31(44)39(30)16-23(41)38-20-14-12-19(34)13-15-20/h4-15,24-26H,16H2,1-3H3,(H,38,41). The van der Waals surface area contributed by atoms with Crippen molar-refractivity contribution in [1.29, 1.82) is 0 Å². The number of fused-ring (bicyclic) bond motifs is 2. The molecule has 13 heteroatoms. The molecule has 6 rings (SSSR count). The number of amides is 3.